The number of hydrogen-bond donors (Lipinski definition) is 1. The molecule has 2 bridgehead atoms. The minimum absolute atomic E-state index is 0.154. The van der Waals surface area contributed by atoms with E-state index in [2.05, 4.69) is 15.3 Å². The minimum atomic E-state index is -1.18. The van der Waals surface area contributed by atoms with Crippen LogP contribution >= 0.6 is 11.6 Å². The first-order valence-corrected chi connectivity index (χ1v) is 11.6. The third kappa shape index (κ3) is 2.94. The molecule has 3 saturated carbocycles. The van der Waals surface area contributed by atoms with Gasteiger partial charge >= 0.3 is 5.97 Å². The molecule has 9 nitrogen and oxygen atoms in total. The van der Waals surface area contributed by atoms with Crippen molar-refractivity contribution >= 4 is 23.5 Å². The molecule has 3 atom stereocenters. The predicted molar refractivity (Wildman–Crippen MR) is 111 cm³/mol. The molecule has 1 aromatic rings. The maximum absolute atomic E-state index is 13.9. The molecule has 2 saturated heterocycles. The zero-order valence-electron chi connectivity index (χ0n) is 18.2. The van der Waals surface area contributed by atoms with E-state index in [4.69, 9.17) is 30.5 Å². The highest BCUT2D eigenvalue weighted by molar-refractivity contribution is 6.30. The number of nitrogens with zero attached hydrogens (tertiary/aromatic N) is 2. The number of halogens is 1. The van der Waals surface area contributed by atoms with Gasteiger partial charge in [0.2, 0.25) is 5.91 Å². The molecule has 0 aromatic carbocycles. The van der Waals surface area contributed by atoms with E-state index in [0.717, 1.165) is 6.42 Å². The number of ether oxygens (including phenoxy) is 4. The zero-order chi connectivity index (χ0) is 22.5. The Bertz CT molecular complexity index is 917. The van der Waals surface area contributed by atoms with Crippen molar-refractivity contribution in [3.8, 4) is 0 Å². The average Bonchev–Trinajstić information content (AvgIpc) is 3.45. The van der Waals surface area contributed by atoms with Crippen molar-refractivity contribution in [2.75, 3.05) is 26.4 Å². The SMILES string of the molecule is CCOC(=O)C12CCC(C(=O)NCc3nccnc3Cl)(CC13OCCO3)C1(CCCO1)C2. The molecule has 1 aromatic heterocycles. The Labute approximate surface area is 191 Å². The zero-order valence-corrected chi connectivity index (χ0v) is 18.9. The average molecular weight is 466 g/mol. The van der Waals surface area contributed by atoms with Gasteiger partial charge in [-0.2, -0.15) is 0 Å². The topological polar surface area (TPSA) is 109 Å². The van der Waals surface area contributed by atoms with Gasteiger partial charge in [0.15, 0.2) is 10.9 Å². The first kappa shape index (κ1) is 22.0. The highest BCUT2D eigenvalue weighted by Crippen LogP contribution is 2.70. The molecule has 2 aliphatic heterocycles. The van der Waals surface area contributed by atoms with E-state index in [1.807, 2.05) is 0 Å². The predicted octanol–water partition coefficient (Wildman–Crippen LogP) is 2.16. The van der Waals surface area contributed by atoms with Crippen LogP contribution in [-0.4, -0.2) is 59.7 Å². The molecule has 1 amide bonds. The van der Waals surface area contributed by atoms with Gasteiger partial charge in [-0.05, 0) is 39.0 Å². The molecule has 3 unspecified atom stereocenters. The summed E-state index contributed by atoms with van der Waals surface area (Å²) in [6, 6.07) is 0. The van der Waals surface area contributed by atoms with Gasteiger partial charge in [-0.1, -0.05) is 11.6 Å². The van der Waals surface area contributed by atoms with E-state index in [1.165, 1.54) is 12.4 Å². The van der Waals surface area contributed by atoms with E-state index >= 15 is 0 Å². The van der Waals surface area contributed by atoms with Crippen LogP contribution in [0.25, 0.3) is 0 Å². The van der Waals surface area contributed by atoms with Crippen LogP contribution in [-0.2, 0) is 35.1 Å². The Balaban J connectivity index is 1.51. The summed E-state index contributed by atoms with van der Waals surface area (Å²) < 4.78 is 24.1. The summed E-state index contributed by atoms with van der Waals surface area (Å²) in [4.78, 5) is 35.4. The van der Waals surface area contributed by atoms with Gasteiger partial charge in [0, 0.05) is 25.4 Å². The van der Waals surface area contributed by atoms with Crippen molar-refractivity contribution in [3.63, 3.8) is 0 Å². The molecule has 174 valence electrons. The van der Waals surface area contributed by atoms with Crippen molar-refractivity contribution in [1.82, 2.24) is 15.3 Å². The fraction of sp³-hybridized carbons (Fsp3) is 0.727. The fourth-order valence-electron chi connectivity index (χ4n) is 6.39. The third-order valence-corrected chi connectivity index (χ3v) is 8.11. The van der Waals surface area contributed by atoms with Gasteiger partial charge in [-0.25, -0.2) is 4.98 Å². The molecule has 6 rings (SSSR count). The molecule has 1 N–H and O–H groups in total. The lowest BCUT2D eigenvalue weighted by molar-refractivity contribution is -0.334. The van der Waals surface area contributed by atoms with E-state index in [1.54, 1.807) is 6.92 Å². The smallest absolute Gasteiger partial charge is 0.317 e. The molecule has 10 heteroatoms. The first-order valence-electron chi connectivity index (χ1n) is 11.3. The van der Waals surface area contributed by atoms with E-state index in [-0.39, 0.29) is 36.6 Å². The normalized spacial score (nSPS) is 34.8. The van der Waals surface area contributed by atoms with Gasteiger partial charge in [0.1, 0.15) is 5.41 Å². The molecule has 5 aliphatic rings. The lowest BCUT2D eigenvalue weighted by Crippen LogP contribution is -2.75. The van der Waals surface area contributed by atoms with Crippen molar-refractivity contribution in [1.29, 1.82) is 0 Å². The van der Waals surface area contributed by atoms with Gasteiger partial charge in [-0.3, -0.25) is 14.6 Å². The Morgan fingerprint density at radius 3 is 2.50 bits per heavy atom. The number of esters is 1. The number of amides is 1. The molecular formula is C22H28ClN3O6. The summed E-state index contributed by atoms with van der Waals surface area (Å²) in [5.41, 5.74) is -2.15. The van der Waals surface area contributed by atoms with Crippen LogP contribution in [0.2, 0.25) is 5.15 Å². The second kappa shape index (κ2) is 7.90. The number of hydrogen-bond acceptors (Lipinski definition) is 8. The summed E-state index contributed by atoms with van der Waals surface area (Å²) in [6.45, 7) is 3.53. The Morgan fingerprint density at radius 1 is 1.06 bits per heavy atom. The van der Waals surface area contributed by atoms with Gasteiger partial charge < -0.3 is 24.3 Å². The molecule has 32 heavy (non-hydrogen) atoms. The summed E-state index contributed by atoms with van der Waals surface area (Å²) in [5, 5.41) is 3.27. The fourth-order valence-corrected chi connectivity index (χ4v) is 6.56. The minimum Gasteiger partial charge on any atom is -0.465 e. The molecule has 2 spiro atoms. The van der Waals surface area contributed by atoms with E-state index < -0.39 is 22.2 Å². The van der Waals surface area contributed by atoms with Crippen LogP contribution in [0.4, 0.5) is 0 Å². The number of carbonyl (C=O) groups excluding carboxylic acids is 2. The van der Waals surface area contributed by atoms with Crippen LogP contribution in [0.15, 0.2) is 12.4 Å². The van der Waals surface area contributed by atoms with Crippen molar-refractivity contribution in [2.24, 2.45) is 10.8 Å². The van der Waals surface area contributed by atoms with Crippen LogP contribution in [0.5, 0.6) is 0 Å². The molecule has 5 fully saturated rings. The maximum Gasteiger partial charge on any atom is 0.317 e. The number of fused-ring (bicyclic) bond motifs is 1. The highest BCUT2D eigenvalue weighted by atomic mass is 35.5. The molecular weight excluding hydrogens is 438 g/mol. The van der Waals surface area contributed by atoms with Crippen LogP contribution in [0.3, 0.4) is 0 Å². The van der Waals surface area contributed by atoms with Crippen molar-refractivity contribution in [3.05, 3.63) is 23.2 Å². The van der Waals surface area contributed by atoms with Crippen LogP contribution < -0.4 is 5.32 Å². The lowest BCUT2D eigenvalue weighted by atomic mass is 9.43. The maximum atomic E-state index is 13.9. The van der Waals surface area contributed by atoms with Crippen LogP contribution in [0.1, 0.15) is 51.1 Å². The summed E-state index contributed by atoms with van der Waals surface area (Å²) in [6.07, 6.45) is 6.09. The van der Waals surface area contributed by atoms with E-state index in [0.29, 0.717) is 51.2 Å². The summed E-state index contributed by atoms with van der Waals surface area (Å²) in [7, 11) is 0. The second-order valence-electron chi connectivity index (χ2n) is 9.11. The van der Waals surface area contributed by atoms with Crippen molar-refractivity contribution in [2.45, 2.75) is 63.4 Å². The highest BCUT2D eigenvalue weighted by Gasteiger charge is 2.79. The molecule has 3 aliphatic carbocycles. The monoisotopic (exact) mass is 465 g/mol. The second-order valence-corrected chi connectivity index (χ2v) is 9.47. The number of rotatable bonds is 5. The quantitative estimate of drug-likeness (QED) is 0.659. The van der Waals surface area contributed by atoms with Gasteiger partial charge in [0.05, 0.1) is 43.1 Å². The largest absolute Gasteiger partial charge is 0.465 e. The standard InChI is InChI=1S/C22H28ClN3O6/c1-2-29-18(28)20-6-5-19(14-22(20)31-10-11-32-22,21(13-20)4-3-9-30-21)17(27)26-12-15-16(23)25-8-7-24-15/h7-8H,2-6,9-14H2,1H3,(H,26,27). The van der Waals surface area contributed by atoms with Crippen molar-refractivity contribution < 1.29 is 28.5 Å². The molecule has 3 heterocycles. The summed E-state index contributed by atoms with van der Waals surface area (Å²) in [5.74, 6) is -1.66. The molecule has 0 radical (unpaired) electrons. The van der Waals surface area contributed by atoms with Gasteiger partial charge in [0.25, 0.3) is 0 Å². The third-order valence-electron chi connectivity index (χ3n) is 7.80. The Kier molecular flexibility index (Phi) is 5.43. The number of nitrogens with one attached hydrogen (secondary N) is 1. The lowest BCUT2D eigenvalue weighted by Gasteiger charge is -2.65. The Hall–Kier alpha value is -1.81. The van der Waals surface area contributed by atoms with Crippen LogP contribution in [0, 0.1) is 10.8 Å². The summed E-state index contributed by atoms with van der Waals surface area (Å²) >= 11 is 6.13. The number of carbonyl (C=O) groups is 2. The Morgan fingerprint density at radius 2 is 1.81 bits per heavy atom. The van der Waals surface area contributed by atoms with Gasteiger partial charge in [-0.15, -0.1) is 0 Å². The van der Waals surface area contributed by atoms with E-state index in [9.17, 15) is 9.59 Å². The number of aromatic nitrogens is 2. The first-order chi connectivity index (χ1) is 15.4.